The van der Waals surface area contributed by atoms with Gasteiger partial charge in [-0.15, -0.1) is 0 Å². The topological polar surface area (TPSA) is 42.5 Å². The van der Waals surface area contributed by atoms with Crippen molar-refractivity contribution in [3.8, 4) is 0 Å². The first-order valence-electron chi connectivity index (χ1n) is 11.0. The fraction of sp³-hybridized carbons (Fsp3) is 0.500. The van der Waals surface area contributed by atoms with Gasteiger partial charge < -0.3 is 20.1 Å². The molecule has 0 bridgehead atoms. The molecule has 0 aromatic heterocycles. The van der Waals surface area contributed by atoms with Crippen LogP contribution in [0.3, 0.4) is 0 Å². The van der Waals surface area contributed by atoms with Gasteiger partial charge in [-0.1, -0.05) is 35.3 Å². The number of ether oxygens (including phenoxy) is 2. The Hall–Kier alpha value is -1.14. The maximum absolute atomic E-state index is 6.00. The van der Waals surface area contributed by atoms with Crippen LogP contribution < -0.4 is 10.6 Å². The summed E-state index contributed by atoms with van der Waals surface area (Å²) in [6.07, 6.45) is 4.87. The van der Waals surface area contributed by atoms with Crippen LogP contribution in [0, 0.1) is 0 Å². The Labute approximate surface area is 188 Å². The Bertz CT molecular complexity index is 825. The van der Waals surface area contributed by atoms with Gasteiger partial charge in [-0.05, 0) is 85.3 Å². The van der Waals surface area contributed by atoms with Crippen LogP contribution in [0.4, 0.5) is 0 Å². The predicted octanol–water partition coefficient (Wildman–Crippen LogP) is 4.63. The van der Waals surface area contributed by atoms with Gasteiger partial charge in [0.15, 0.2) is 0 Å². The van der Waals surface area contributed by atoms with Crippen molar-refractivity contribution in [1.82, 2.24) is 10.6 Å². The van der Waals surface area contributed by atoms with Gasteiger partial charge in [-0.2, -0.15) is 0 Å². The van der Waals surface area contributed by atoms with E-state index in [1.807, 2.05) is 12.1 Å². The van der Waals surface area contributed by atoms with Crippen molar-refractivity contribution in [1.29, 1.82) is 0 Å². The Kier molecular flexibility index (Phi) is 6.33. The minimum Gasteiger partial charge on any atom is -0.372 e. The molecule has 2 fully saturated rings. The number of nitrogens with one attached hydrogen (secondary N) is 2. The molecular weight excluding hydrogens is 419 g/mol. The number of hydrogen-bond acceptors (Lipinski definition) is 4. The molecule has 0 unspecified atom stereocenters. The third-order valence-corrected chi connectivity index (χ3v) is 7.09. The minimum atomic E-state index is 0.236. The molecule has 4 aliphatic heterocycles. The molecule has 160 valence electrons. The average Bonchev–Trinajstić information content (AvgIpc) is 2.66. The van der Waals surface area contributed by atoms with Crippen molar-refractivity contribution < 1.29 is 9.47 Å². The van der Waals surface area contributed by atoms with Gasteiger partial charge >= 0.3 is 0 Å². The van der Waals surface area contributed by atoms with Gasteiger partial charge in [-0.25, -0.2) is 0 Å². The molecule has 4 heterocycles. The SMILES string of the molecule is Clc1ccc2c(c1)CCO[C@@H]2[C@H]1CCN1.Clc1ccc2c(c1)CCO[C@H]2[C@H]1CCN1. The minimum absolute atomic E-state index is 0.236. The second-order valence-corrected chi connectivity index (χ2v) is 9.34. The van der Waals surface area contributed by atoms with E-state index >= 15 is 0 Å². The van der Waals surface area contributed by atoms with Crippen LogP contribution in [0.5, 0.6) is 0 Å². The molecule has 4 nitrogen and oxygen atoms in total. The molecule has 2 saturated heterocycles. The highest BCUT2D eigenvalue weighted by atomic mass is 35.5. The predicted molar refractivity (Wildman–Crippen MR) is 121 cm³/mol. The van der Waals surface area contributed by atoms with Crippen LogP contribution in [0.1, 0.15) is 47.3 Å². The van der Waals surface area contributed by atoms with Gasteiger partial charge in [0.1, 0.15) is 0 Å². The van der Waals surface area contributed by atoms with E-state index in [4.69, 9.17) is 32.7 Å². The van der Waals surface area contributed by atoms with E-state index in [0.717, 1.165) is 49.2 Å². The molecule has 4 atom stereocenters. The van der Waals surface area contributed by atoms with E-state index in [0.29, 0.717) is 12.1 Å². The summed E-state index contributed by atoms with van der Waals surface area (Å²) in [7, 11) is 0. The summed E-state index contributed by atoms with van der Waals surface area (Å²) in [5.74, 6) is 0. The molecule has 30 heavy (non-hydrogen) atoms. The first-order chi connectivity index (χ1) is 14.7. The summed E-state index contributed by atoms with van der Waals surface area (Å²) in [6.45, 7) is 3.87. The lowest BCUT2D eigenvalue weighted by atomic mass is 9.89. The lowest BCUT2D eigenvalue weighted by molar-refractivity contribution is -0.00153. The van der Waals surface area contributed by atoms with E-state index in [9.17, 15) is 0 Å². The first-order valence-corrected chi connectivity index (χ1v) is 11.7. The zero-order valence-corrected chi connectivity index (χ0v) is 18.5. The maximum Gasteiger partial charge on any atom is 0.0981 e. The van der Waals surface area contributed by atoms with E-state index < -0.39 is 0 Å². The smallest absolute Gasteiger partial charge is 0.0981 e. The number of halogens is 2. The van der Waals surface area contributed by atoms with Crippen molar-refractivity contribution in [2.24, 2.45) is 0 Å². The third-order valence-electron chi connectivity index (χ3n) is 6.62. The molecule has 0 radical (unpaired) electrons. The summed E-state index contributed by atoms with van der Waals surface area (Å²) in [5.41, 5.74) is 5.35. The number of hydrogen-bond donors (Lipinski definition) is 2. The third kappa shape index (κ3) is 4.27. The van der Waals surface area contributed by atoms with Gasteiger partial charge in [0.25, 0.3) is 0 Å². The quantitative estimate of drug-likeness (QED) is 0.705. The van der Waals surface area contributed by atoms with Crippen LogP contribution in [0.2, 0.25) is 10.0 Å². The number of fused-ring (bicyclic) bond motifs is 2. The summed E-state index contributed by atoms with van der Waals surface area (Å²) in [4.78, 5) is 0. The fourth-order valence-corrected chi connectivity index (χ4v) is 5.10. The maximum atomic E-state index is 6.00. The molecule has 0 spiro atoms. The number of rotatable bonds is 2. The van der Waals surface area contributed by atoms with E-state index in [-0.39, 0.29) is 12.2 Å². The van der Waals surface area contributed by atoms with E-state index in [1.165, 1.54) is 35.1 Å². The molecule has 4 aliphatic rings. The van der Waals surface area contributed by atoms with E-state index in [2.05, 4.69) is 34.9 Å². The Balaban J connectivity index is 0.000000128. The molecular formula is C24H28Cl2N2O2. The Morgan fingerprint density at radius 2 is 1.13 bits per heavy atom. The van der Waals surface area contributed by atoms with Crippen LogP contribution in [-0.4, -0.2) is 38.4 Å². The summed E-state index contributed by atoms with van der Waals surface area (Å²) in [5, 5.41) is 8.48. The molecule has 0 amide bonds. The van der Waals surface area contributed by atoms with Gasteiger partial charge in [0, 0.05) is 22.1 Å². The highest BCUT2D eigenvalue weighted by molar-refractivity contribution is 6.30. The van der Waals surface area contributed by atoms with Crippen molar-refractivity contribution in [2.45, 2.75) is 50.0 Å². The molecule has 0 saturated carbocycles. The van der Waals surface area contributed by atoms with Crippen molar-refractivity contribution in [3.05, 3.63) is 68.7 Å². The zero-order valence-electron chi connectivity index (χ0n) is 17.0. The molecule has 6 heteroatoms. The Morgan fingerprint density at radius 3 is 1.50 bits per heavy atom. The molecule has 2 N–H and O–H groups in total. The van der Waals surface area contributed by atoms with Crippen LogP contribution in [-0.2, 0) is 22.3 Å². The van der Waals surface area contributed by atoms with Gasteiger partial charge in [-0.3, -0.25) is 0 Å². The largest absolute Gasteiger partial charge is 0.372 e. The Morgan fingerprint density at radius 1 is 0.700 bits per heavy atom. The van der Waals surface area contributed by atoms with Crippen LogP contribution in [0.15, 0.2) is 36.4 Å². The first kappa shape index (κ1) is 20.7. The highest BCUT2D eigenvalue weighted by Crippen LogP contribution is 2.35. The molecule has 6 rings (SSSR count). The summed E-state index contributed by atoms with van der Waals surface area (Å²) < 4.78 is 11.7. The highest BCUT2D eigenvalue weighted by Gasteiger charge is 2.33. The van der Waals surface area contributed by atoms with E-state index in [1.54, 1.807) is 0 Å². The van der Waals surface area contributed by atoms with Crippen LogP contribution >= 0.6 is 23.2 Å². The second-order valence-electron chi connectivity index (χ2n) is 8.47. The lowest BCUT2D eigenvalue weighted by Gasteiger charge is -2.38. The monoisotopic (exact) mass is 446 g/mol. The van der Waals surface area contributed by atoms with Crippen molar-refractivity contribution >= 4 is 23.2 Å². The number of benzene rings is 2. The van der Waals surface area contributed by atoms with Gasteiger partial charge in [0.2, 0.25) is 0 Å². The zero-order chi connectivity index (χ0) is 20.5. The van der Waals surface area contributed by atoms with Gasteiger partial charge in [0.05, 0.1) is 25.4 Å². The average molecular weight is 447 g/mol. The molecule has 0 aliphatic carbocycles. The normalized spacial score (nSPS) is 29.4. The summed E-state index contributed by atoms with van der Waals surface area (Å²) in [6, 6.07) is 13.3. The van der Waals surface area contributed by atoms with Crippen molar-refractivity contribution in [2.75, 3.05) is 26.3 Å². The molecule has 2 aromatic rings. The summed E-state index contributed by atoms with van der Waals surface area (Å²) >= 11 is 12.0. The van der Waals surface area contributed by atoms with Crippen molar-refractivity contribution in [3.63, 3.8) is 0 Å². The lowest BCUT2D eigenvalue weighted by Crippen LogP contribution is -2.48. The standard InChI is InChI=1S/2C12H14ClNO/c2*13-9-1-2-10-8(7-9)4-6-15-12(10)11-3-5-14-11/h2*1-2,7,11-12,14H,3-6H2/t11-,12+;11-,12-/m11/s1. The second kappa shape index (κ2) is 9.15. The van der Waals surface area contributed by atoms with Crippen LogP contribution in [0.25, 0.3) is 0 Å². The fourth-order valence-electron chi connectivity index (χ4n) is 4.71. The molecule has 2 aromatic carbocycles.